The SMILES string of the molecule is CCCC(CNCC)OCc1ccc2c(c1)OCO2. The Bertz CT molecular complexity index is 395. The highest BCUT2D eigenvalue weighted by molar-refractivity contribution is 5.44. The first kappa shape index (κ1) is 14.2. The first-order valence-electron chi connectivity index (χ1n) is 7.04. The Morgan fingerprint density at radius 3 is 2.89 bits per heavy atom. The molecule has 4 heteroatoms. The highest BCUT2D eigenvalue weighted by Crippen LogP contribution is 2.32. The fourth-order valence-electron chi connectivity index (χ4n) is 2.12. The third-order valence-corrected chi connectivity index (χ3v) is 3.16. The Morgan fingerprint density at radius 1 is 1.26 bits per heavy atom. The summed E-state index contributed by atoms with van der Waals surface area (Å²) in [5.74, 6) is 1.64. The maximum absolute atomic E-state index is 5.97. The van der Waals surface area contributed by atoms with Gasteiger partial charge in [-0.25, -0.2) is 0 Å². The molecule has 0 amide bonds. The van der Waals surface area contributed by atoms with Gasteiger partial charge in [0.1, 0.15) is 0 Å². The van der Waals surface area contributed by atoms with Gasteiger partial charge in [0.05, 0.1) is 12.7 Å². The van der Waals surface area contributed by atoms with Crippen LogP contribution in [0.5, 0.6) is 11.5 Å². The zero-order valence-corrected chi connectivity index (χ0v) is 11.8. The molecule has 1 N–H and O–H groups in total. The van der Waals surface area contributed by atoms with Crippen molar-refractivity contribution >= 4 is 0 Å². The molecule has 0 radical (unpaired) electrons. The molecule has 1 unspecified atom stereocenters. The van der Waals surface area contributed by atoms with Gasteiger partial charge in [-0.05, 0) is 30.7 Å². The van der Waals surface area contributed by atoms with Crippen molar-refractivity contribution in [2.24, 2.45) is 0 Å². The van der Waals surface area contributed by atoms with Gasteiger partial charge in [0.15, 0.2) is 11.5 Å². The van der Waals surface area contributed by atoms with Gasteiger partial charge in [-0.2, -0.15) is 0 Å². The molecule has 0 saturated carbocycles. The molecule has 0 fully saturated rings. The van der Waals surface area contributed by atoms with E-state index in [4.69, 9.17) is 14.2 Å². The molecule has 19 heavy (non-hydrogen) atoms. The Hall–Kier alpha value is -1.26. The first-order chi connectivity index (χ1) is 9.33. The number of likely N-dealkylation sites (N-methyl/N-ethyl adjacent to an activating group) is 1. The molecule has 1 atom stereocenters. The maximum Gasteiger partial charge on any atom is 0.231 e. The normalized spacial score (nSPS) is 14.6. The summed E-state index contributed by atoms with van der Waals surface area (Å²) in [6.07, 6.45) is 2.49. The van der Waals surface area contributed by atoms with E-state index in [0.29, 0.717) is 13.4 Å². The molecular formula is C15H23NO3. The first-order valence-corrected chi connectivity index (χ1v) is 7.04. The fraction of sp³-hybridized carbons (Fsp3) is 0.600. The number of fused-ring (bicyclic) bond motifs is 1. The van der Waals surface area contributed by atoms with Crippen molar-refractivity contribution in [2.45, 2.75) is 39.4 Å². The van der Waals surface area contributed by atoms with Gasteiger partial charge in [-0.15, -0.1) is 0 Å². The summed E-state index contributed by atoms with van der Waals surface area (Å²) >= 11 is 0. The monoisotopic (exact) mass is 265 g/mol. The second kappa shape index (κ2) is 7.36. The predicted molar refractivity (Wildman–Crippen MR) is 74.6 cm³/mol. The number of benzene rings is 1. The maximum atomic E-state index is 5.97. The fourth-order valence-corrected chi connectivity index (χ4v) is 2.12. The largest absolute Gasteiger partial charge is 0.454 e. The van der Waals surface area contributed by atoms with Crippen molar-refractivity contribution in [1.82, 2.24) is 5.32 Å². The van der Waals surface area contributed by atoms with Crippen LogP contribution in [0.2, 0.25) is 0 Å². The van der Waals surface area contributed by atoms with Crippen LogP contribution in [0.15, 0.2) is 18.2 Å². The summed E-state index contributed by atoms with van der Waals surface area (Å²) in [4.78, 5) is 0. The molecule has 1 aliphatic heterocycles. The lowest BCUT2D eigenvalue weighted by molar-refractivity contribution is 0.0351. The van der Waals surface area contributed by atoms with Crippen LogP contribution in [0.1, 0.15) is 32.3 Å². The average Bonchev–Trinajstić information content (AvgIpc) is 2.89. The van der Waals surface area contributed by atoms with E-state index in [1.807, 2.05) is 18.2 Å². The Morgan fingerprint density at radius 2 is 2.11 bits per heavy atom. The van der Waals surface area contributed by atoms with Crippen molar-refractivity contribution in [3.8, 4) is 11.5 Å². The molecular weight excluding hydrogens is 242 g/mol. The van der Waals surface area contributed by atoms with Crippen LogP contribution in [0.4, 0.5) is 0 Å². The second-order valence-corrected chi connectivity index (χ2v) is 4.72. The van der Waals surface area contributed by atoms with E-state index >= 15 is 0 Å². The standard InChI is InChI=1S/C15H23NO3/c1-3-5-13(9-16-4-2)17-10-12-6-7-14-15(8-12)19-11-18-14/h6-8,13,16H,3-5,9-11H2,1-2H3. The summed E-state index contributed by atoms with van der Waals surface area (Å²) in [5, 5.41) is 3.34. The third kappa shape index (κ3) is 4.11. The van der Waals surface area contributed by atoms with E-state index in [1.165, 1.54) is 0 Å². The topological polar surface area (TPSA) is 39.7 Å². The lowest BCUT2D eigenvalue weighted by Gasteiger charge is -2.17. The highest BCUT2D eigenvalue weighted by atomic mass is 16.7. The third-order valence-electron chi connectivity index (χ3n) is 3.16. The van der Waals surface area contributed by atoms with Gasteiger partial charge in [0.2, 0.25) is 6.79 Å². The molecule has 1 aliphatic rings. The van der Waals surface area contributed by atoms with Gasteiger partial charge >= 0.3 is 0 Å². The molecule has 2 rings (SSSR count). The summed E-state index contributed by atoms with van der Waals surface area (Å²) < 4.78 is 16.6. The number of ether oxygens (including phenoxy) is 3. The minimum atomic E-state index is 0.273. The van der Waals surface area contributed by atoms with E-state index in [9.17, 15) is 0 Å². The summed E-state index contributed by atoms with van der Waals surface area (Å²) in [5.41, 5.74) is 1.13. The summed E-state index contributed by atoms with van der Waals surface area (Å²) in [7, 11) is 0. The Balaban J connectivity index is 1.85. The number of hydrogen-bond donors (Lipinski definition) is 1. The van der Waals surface area contributed by atoms with Crippen LogP contribution < -0.4 is 14.8 Å². The number of hydrogen-bond acceptors (Lipinski definition) is 4. The van der Waals surface area contributed by atoms with Crippen molar-refractivity contribution in [1.29, 1.82) is 0 Å². The molecule has 0 bridgehead atoms. The molecule has 0 spiro atoms. The van der Waals surface area contributed by atoms with Gasteiger partial charge in [-0.1, -0.05) is 26.3 Å². The van der Waals surface area contributed by atoms with Crippen LogP contribution in [0.3, 0.4) is 0 Å². The molecule has 4 nitrogen and oxygen atoms in total. The smallest absolute Gasteiger partial charge is 0.231 e. The van der Waals surface area contributed by atoms with E-state index in [2.05, 4.69) is 19.2 Å². The van der Waals surface area contributed by atoms with Crippen molar-refractivity contribution < 1.29 is 14.2 Å². The highest BCUT2D eigenvalue weighted by Gasteiger charge is 2.14. The molecule has 1 heterocycles. The summed E-state index contributed by atoms with van der Waals surface area (Å²) in [6.45, 7) is 7.12. The van der Waals surface area contributed by atoms with Gasteiger partial charge in [0.25, 0.3) is 0 Å². The molecule has 106 valence electrons. The predicted octanol–water partition coefficient (Wildman–Crippen LogP) is 2.71. The van der Waals surface area contributed by atoms with Crippen LogP contribution in [0, 0.1) is 0 Å². The second-order valence-electron chi connectivity index (χ2n) is 4.72. The average molecular weight is 265 g/mol. The zero-order chi connectivity index (χ0) is 13.5. The Kier molecular flexibility index (Phi) is 5.48. The van der Waals surface area contributed by atoms with Crippen molar-refractivity contribution in [3.05, 3.63) is 23.8 Å². The van der Waals surface area contributed by atoms with E-state index in [1.54, 1.807) is 0 Å². The molecule has 0 aliphatic carbocycles. The number of nitrogens with one attached hydrogen (secondary N) is 1. The van der Waals surface area contributed by atoms with Crippen LogP contribution >= 0.6 is 0 Å². The molecule has 1 aromatic rings. The Labute approximate surface area is 115 Å². The van der Waals surface area contributed by atoms with E-state index in [0.717, 1.165) is 43.0 Å². The van der Waals surface area contributed by atoms with Gasteiger partial charge in [0, 0.05) is 6.54 Å². The minimum absolute atomic E-state index is 0.273. The quantitative estimate of drug-likeness (QED) is 0.784. The van der Waals surface area contributed by atoms with Crippen LogP contribution in [-0.4, -0.2) is 26.0 Å². The summed E-state index contributed by atoms with van der Waals surface area (Å²) in [6, 6.07) is 5.97. The van der Waals surface area contributed by atoms with Gasteiger partial charge in [-0.3, -0.25) is 0 Å². The van der Waals surface area contributed by atoms with Gasteiger partial charge < -0.3 is 19.5 Å². The molecule has 0 saturated heterocycles. The van der Waals surface area contributed by atoms with Crippen molar-refractivity contribution in [3.63, 3.8) is 0 Å². The molecule has 1 aromatic carbocycles. The lowest BCUT2D eigenvalue weighted by atomic mass is 10.2. The zero-order valence-electron chi connectivity index (χ0n) is 11.8. The van der Waals surface area contributed by atoms with Crippen molar-refractivity contribution in [2.75, 3.05) is 19.9 Å². The number of rotatable bonds is 8. The minimum Gasteiger partial charge on any atom is -0.454 e. The van der Waals surface area contributed by atoms with E-state index < -0.39 is 0 Å². The molecule has 0 aromatic heterocycles. The van der Waals surface area contributed by atoms with E-state index in [-0.39, 0.29) is 6.10 Å². The van der Waals surface area contributed by atoms with Crippen LogP contribution in [0.25, 0.3) is 0 Å². The lowest BCUT2D eigenvalue weighted by Crippen LogP contribution is -2.28. The van der Waals surface area contributed by atoms with Crippen LogP contribution in [-0.2, 0) is 11.3 Å².